The van der Waals surface area contributed by atoms with Crippen molar-refractivity contribution in [1.29, 1.82) is 0 Å². The molecular formula is C17H27OP. The van der Waals surface area contributed by atoms with Crippen molar-refractivity contribution in [2.75, 3.05) is 12.8 Å². The third-order valence-corrected chi connectivity index (χ3v) is 5.47. The SMILES string of the molecule is CCC1(Oc2ccc(C(C)CPC)cc2)CCCC1. The van der Waals surface area contributed by atoms with Crippen LogP contribution < -0.4 is 4.74 Å². The molecule has 0 radical (unpaired) electrons. The van der Waals surface area contributed by atoms with E-state index in [0.717, 1.165) is 20.8 Å². The van der Waals surface area contributed by atoms with Crippen LogP contribution in [0.15, 0.2) is 24.3 Å². The Morgan fingerprint density at radius 2 is 1.84 bits per heavy atom. The van der Waals surface area contributed by atoms with Crippen molar-refractivity contribution in [2.24, 2.45) is 0 Å². The van der Waals surface area contributed by atoms with Crippen LogP contribution in [-0.2, 0) is 0 Å². The molecule has 106 valence electrons. The van der Waals surface area contributed by atoms with Gasteiger partial charge in [-0.3, -0.25) is 0 Å². The van der Waals surface area contributed by atoms with Gasteiger partial charge in [-0.05, 0) is 68.5 Å². The van der Waals surface area contributed by atoms with E-state index in [2.05, 4.69) is 44.8 Å². The molecule has 1 aliphatic carbocycles. The number of ether oxygens (including phenoxy) is 1. The lowest BCUT2D eigenvalue weighted by molar-refractivity contribution is 0.0720. The van der Waals surface area contributed by atoms with Gasteiger partial charge in [0.05, 0.1) is 0 Å². The first kappa shape index (κ1) is 14.9. The Balaban J connectivity index is 2.02. The van der Waals surface area contributed by atoms with Crippen molar-refractivity contribution >= 4 is 8.58 Å². The fourth-order valence-corrected chi connectivity index (χ4v) is 3.93. The first-order chi connectivity index (χ1) is 9.19. The standard InChI is InChI=1S/C17H27OP/c1-4-17(11-5-6-12-17)18-16-9-7-15(8-10-16)14(2)13-19-3/h7-10,14,19H,4-6,11-13H2,1-3H3. The van der Waals surface area contributed by atoms with Crippen molar-refractivity contribution in [3.8, 4) is 5.75 Å². The second-order valence-corrected chi connectivity index (χ2v) is 6.99. The molecule has 1 saturated carbocycles. The molecule has 1 aromatic rings. The van der Waals surface area contributed by atoms with Gasteiger partial charge in [-0.2, -0.15) is 0 Å². The van der Waals surface area contributed by atoms with Crippen LogP contribution in [0, 0.1) is 0 Å². The van der Waals surface area contributed by atoms with E-state index in [9.17, 15) is 0 Å². The van der Waals surface area contributed by atoms with E-state index in [1.165, 1.54) is 37.4 Å². The molecular weight excluding hydrogens is 251 g/mol. The maximum absolute atomic E-state index is 6.31. The largest absolute Gasteiger partial charge is 0.487 e. The highest BCUT2D eigenvalue weighted by atomic mass is 31.1. The summed E-state index contributed by atoms with van der Waals surface area (Å²) in [6, 6.07) is 8.83. The first-order valence-electron chi connectivity index (χ1n) is 7.63. The minimum absolute atomic E-state index is 0.123. The summed E-state index contributed by atoms with van der Waals surface area (Å²) in [4.78, 5) is 0. The highest BCUT2D eigenvalue weighted by Gasteiger charge is 2.34. The van der Waals surface area contributed by atoms with Crippen molar-refractivity contribution in [3.05, 3.63) is 29.8 Å². The molecule has 2 heteroatoms. The fourth-order valence-electron chi connectivity index (χ4n) is 3.09. The van der Waals surface area contributed by atoms with Gasteiger partial charge >= 0.3 is 0 Å². The van der Waals surface area contributed by atoms with Crippen LogP contribution in [-0.4, -0.2) is 18.4 Å². The zero-order chi connectivity index (χ0) is 13.7. The Morgan fingerprint density at radius 1 is 1.21 bits per heavy atom. The minimum Gasteiger partial charge on any atom is -0.487 e. The van der Waals surface area contributed by atoms with Gasteiger partial charge in [0.15, 0.2) is 0 Å². The summed E-state index contributed by atoms with van der Waals surface area (Å²) in [6.07, 6.45) is 7.50. The molecule has 0 heterocycles. The van der Waals surface area contributed by atoms with E-state index >= 15 is 0 Å². The number of benzene rings is 1. The van der Waals surface area contributed by atoms with Crippen LogP contribution in [0.2, 0.25) is 0 Å². The summed E-state index contributed by atoms with van der Waals surface area (Å²) in [5.74, 6) is 1.72. The second-order valence-electron chi connectivity index (χ2n) is 5.87. The molecule has 19 heavy (non-hydrogen) atoms. The molecule has 2 rings (SSSR count). The molecule has 2 atom stereocenters. The fraction of sp³-hybridized carbons (Fsp3) is 0.647. The molecule has 1 nitrogen and oxygen atoms in total. The molecule has 0 amide bonds. The number of hydrogen-bond acceptors (Lipinski definition) is 1. The Kier molecular flexibility index (Phi) is 5.28. The normalized spacial score (nSPS) is 19.9. The van der Waals surface area contributed by atoms with Crippen molar-refractivity contribution in [1.82, 2.24) is 0 Å². The zero-order valence-corrected chi connectivity index (χ0v) is 13.5. The van der Waals surface area contributed by atoms with Gasteiger partial charge < -0.3 is 4.74 Å². The zero-order valence-electron chi connectivity index (χ0n) is 12.5. The summed E-state index contributed by atoms with van der Waals surface area (Å²) < 4.78 is 6.31. The predicted molar refractivity (Wildman–Crippen MR) is 86.1 cm³/mol. The van der Waals surface area contributed by atoms with Gasteiger partial charge in [-0.1, -0.05) is 26.0 Å². The van der Waals surface area contributed by atoms with Crippen LogP contribution in [0.25, 0.3) is 0 Å². The topological polar surface area (TPSA) is 9.23 Å². The van der Waals surface area contributed by atoms with Gasteiger partial charge in [-0.15, -0.1) is 8.58 Å². The van der Waals surface area contributed by atoms with Gasteiger partial charge in [0.2, 0.25) is 0 Å². The van der Waals surface area contributed by atoms with E-state index in [-0.39, 0.29) is 5.60 Å². The predicted octanol–water partition coefficient (Wildman–Crippen LogP) is 5.20. The molecule has 1 aromatic carbocycles. The van der Waals surface area contributed by atoms with E-state index in [4.69, 9.17) is 4.74 Å². The third-order valence-electron chi connectivity index (χ3n) is 4.45. The quantitative estimate of drug-likeness (QED) is 0.650. The van der Waals surface area contributed by atoms with Gasteiger partial charge in [0, 0.05) is 0 Å². The smallest absolute Gasteiger partial charge is 0.120 e. The van der Waals surface area contributed by atoms with E-state index < -0.39 is 0 Å². The van der Waals surface area contributed by atoms with Crippen LogP contribution in [0.3, 0.4) is 0 Å². The second kappa shape index (κ2) is 6.75. The van der Waals surface area contributed by atoms with Crippen LogP contribution in [0.5, 0.6) is 5.75 Å². The highest BCUT2D eigenvalue weighted by Crippen LogP contribution is 2.37. The monoisotopic (exact) mass is 278 g/mol. The molecule has 2 unspecified atom stereocenters. The lowest BCUT2D eigenvalue weighted by atomic mass is 9.98. The molecule has 0 bridgehead atoms. The Labute approximate surface area is 119 Å². The molecule has 0 aliphatic heterocycles. The first-order valence-corrected chi connectivity index (χ1v) is 9.33. The molecule has 0 spiro atoms. The third kappa shape index (κ3) is 3.72. The Morgan fingerprint density at radius 3 is 2.37 bits per heavy atom. The van der Waals surface area contributed by atoms with E-state index in [1.54, 1.807) is 0 Å². The van der Waals surface area contributed by atoms with Crippen LogP contribution in [0.4, 0.5) is 0 Å². The van der Waals surface area contributed by atoms with Crippen molar-refractivity contribution < 1.29 is 4.74 Å². The van der Waals surface area contributed by atoms with Gasteiger partial charge in [0.25, 0.3) is 0 Å². The Hall–Kier alpha value is -0.550. The maximum atomic E-state index is 6.31. The minimum atomic E-state index is 0.123. The lowest BCUT2D eigenvalue weighted by Gasteiger charge is -2.29. The Bertz CT molecular complexity index is 379. The van der Waals surface area contributed by atoms with E-state index in [1.807, 2.05) is 0 Å². The van der Waals surface area contributed by atoms with Gasteiger partial charge in [0.1, 0.15) is 11.4 Å². The van der Waals surface area contributed by atoms with Crippen LogP contribution in [0.1, 0.15) is 57.4 Å². The molecule has 0 N–H and O–H groups in total. The number of rotatable bonds is 6. The molecule has 1 fully saturated rings. The van der Waals surface area contributed by atoms with Crippen molar-refractivity contribution in [2.45, 2.75) is 57.5 Å². The molecule has 0 saturated heterocycles. The van der Waals surface area contributed by atoms with Crippen molar-refractivity contribution in [3.63, 3.8) is 0 Å². The summed E-state index contributed by atoms with van der Waals surface area (Å²) in [5, 5.41) is 0. The summed E-state index contributed by atoms with van der Waals surface area (Å²) in [5.41, 5.74) is 1.57. The number of hydrogen-bond donors (Lipinski definition) is 0. The summed E-state index contributed by atoms with van der Waals surface area (Å²) >= 11 is 0. The average Bonchev–Trinajstić information content (AvgIpc) is 2.89. The summed E-state index contributed by atoms with van der Waals surface area (Å²) in [6.45, 7) is 6.85. The molecule has 1 aliphatic rings. The summed E-state index contributed by atoms with van der Waals surface area (Å²) in [7, 11) is 1.03. The maximum Gasteiger partial charge on any atom is 0.120 e. The van der Waals surface area contributed by atoms with Crippen LogP contribution >= 0.6 is 8.58 Å². The van der Waals surface area contributed by atoms with E-state index in [0.29, 0.717) is 5.92 Å². The average molecular weight is 278 g/mol. The highest BCUT2D eigenvalue weighted by molar-refractivity contribution is 7.37. The van der Waals surface area contributed by atoms with Gasteiger partial charge in [-0.25, -0.2) is 0 Å². The lowest BCUT2D eigenvalue weighted by Crippen LogP contribution is -2.31. The molecule has 0 aromatic heterocycles.